The van der Waals surface area contributed by atoms with Crippen molar-refractivity contribution in [2.24, 2.45) is 5.41 Å². The maximum atomic E-state index is 6.34. The van der Waals surface area contributed by atoms with E-state index in [1.165, 1.54) is 11.1 Å². The molecule has 110 valence electrons. The summed E-state index contributed by atoms with van der Waals surface area (Å²) in [7, 11) is 2.03. The van der Waals surface area contributed by atoms with Crippen LogP contribution in [-0.2, 0) is 0 Å². The zero-order chi connectivity index (χ0) is 14.9. The van der Waals surface area contributed by atoms with Crippen LogP contribution in [0.25, 0.3) is 11.1 Å². The quantitative estimate of drug-likeness (QED) is 0.910. The molecule has 0 saturated heterocycles. The smallest absolute Gasteiger partial charge is 0.127 e. The molecular weight excluding hydrogens is 258 g/mol. The van der Waals surface area contributed by atoms with Crippen LogP contribution in [0.5, 0.6) is 5.75 Å². The summed E-state index contributed by atoms with van der Waals surface area (Å²) >= 11 is 0. The van der Waals surface area contributed by atoms with Gasteiger partial charge in [-0.15, -0.1) is 0 Å². The minimum Gasteiger partial charge on any atom is -0.489 e. The number of benzene rings is 2. The first kappa shape index (κ1) is 14.2. The summed E-state index contributed by atoms with van der Waals surface area (Å²) in [5, 5.41) is 3.37. The molecule has 2 heteroatoms. The van der Waals surface area contributed by atoms with E-state index in [0.29, 0.717) is 6.04 Å². The summed E-state index contributed by atoms with van der Waals surface area (Å²) < 4.78 is 6.34. The lowest BCUT2D eigenvalue weighted by atomic mass is 9.64. The highest BCUT2D eigenvalue weighted by Gasteiger charge is 2.49. The van der Waals surface area contributed by atoms with Crippen LogP contribution in [0.3, 0.4) is 0 Å². The summed E-state index contributed by atoms with van der Waals surface area (Å²) in [4.78, 5) is 0. The largest absolute Gasteiger partial charge is 0.489 e. The van der Waals surface area contributed by atoms with E-state index in [0.717, 1.165) is 12.2 Å². The minimum absolute atomic E-state index is 0.165. The Hall–Kier alpha value is -1.80. The molecule has 3 rings (SSSR count). The fourth-order valence-corrected chi connectivity index (χ4v) is 3.15. The highest BCUT2D eigenvalue weighted by molar-refractivity contribution is 5.70. The third-order valence-corrected chi connectivity index (χ3v) is 4.77. The second-order valence-corrected chi connectivity index (χ2v) is 6.37. The first-order chi connectivity index (χ1) is 10.1. The lowest BCUT2D eigenvalue weighted by Gasteiger charge is -2.51. The molecule has 2 aromatic carbocycles. The van der Waals surface area contributed by atoms with Crippen molar-refractivity contribution in [3.8, 4) is 16.9 Å². The van der Waals surface area contributed by atoms with Crippen LogP contribution in [0.1, 0.15) is 20.3 Å². The number of ether oxygens (including phenoxy) is 1. The molecule has 0 spiro atoms. The van der Waals surface area contributed by atoms with E-state index in [9.17, 15) is 0 Å². The van der Waals surface area contributed by atoms with Crippen LogP contribution in [0, 0.1) is 5.41 Å². The molecule has 2 atom stereocenters. The predicted octanol–water partition coefficient (Wildman–Crippen LogP) is 4.12. The molecule has 0 aliphatic heterocycles. The van der Waals surface area contributed by atoms with E-state index in [-0.39, 0.29) is 11.5 Å². The summed E-state index contributed by atoms with van der Waals surface area (Å²) in [5.41, 5.74) is 2.54. The Bertz CT molecular complexity index is 606. The molecule has 2 unspecified atom stereocenters. The zero-order valence-electron chi connectivity index (χ0n) is 13.0. The molecule has 1 fully saturated rings. The number of rotatable bonds is 4. The number of para-hydroxylation sites is 1. The van der Waals surface area contributed by atoms with Gasteiger partial charge in [0.2, 0.25) is 0 Å². The first-order valence-electron chi connectivity index (χ1n) is 7.61. The average Bonchev–Trinajstić information content (AvgIpc) is 2.52. The van der Waals surface area contributed by atoms with Gasteiger partial charge in [-0.2, -0.15) is 0 Å². The Labute approximate surface area is 127 Å². The molecule has 0 radical (unpaired) electrons. The fraction of sp³-hybridized carbons (Fsp3) is 0.368. The van der Waals surface area contributed by atoms with E-state index in [4.69, 9.17) is 4.74 Å². The molecule has 0 heterocycles. The Morgan fingerprint density at radius 3 is 2.33 bits per heavy atom. The van der Waals surface area contributed by atoms with Gasteiger partial charge in [0.1, 0.15) is 11.9 Å². The minimum atomic E-state index is 0.165. The Balaban J connectivity index is 1.85. The van der Waals surface area contributed by atoms with Crippen LogP contribution in [0.15, 0.2) is 54.6 Å². The number of hydrogen-bond acceptors (Lipinski definition) is 2. The van der Waals surface area contributed by atoms with Crippen LogP contribution in [0.4, 0.5) is 0 Å². The van der Waals surface area contributed by atoms with Crippen LogP contribution in [0.2, 0.25) is 0 Å². The third-order valence-electron chi connectivity index (χ3n) is 4.77. The van der Waals surface area contributed by atoms with Crippen molar-refractivity contribution in [2.75, 3.05) is 7.05 Å². The van der Waals surface area contributed by atoms with Gasteiger partial charge < -0.3 is 10.1 Å². The van der Waals surface area contributed by atoms with Gasteiger partial charge in [-0.05, 0) is 18.7 Å². The highest BCUT2D eigenvalue weighted by Crippen LogP contribution is 2.44. The van der Waals surface area contributed by atoms with Gasteiger partial charge in [0, 0.05) is 23.4 Å². The lowest BCUT2D eigenvalue weighted by molar-refractivity contribution is -0.0517. The second-order valence-electron chi connectivity index (χ2n) is 6.37. The summed E-state index contributed by atoms with van der Waals surface area (Å²) in [5.74, 6) is 0.983. The zero-order valence-corrected chi connectivity index (χ0v) is 13.0. The maximum absolute atomic E-state index is 6.34. The van der Waals surface area contributed by atoms with Crippen molar-refractivity contribution in [1.82, 2.24) is 5.32 Å². The van der Waals surface area contributed by atoms with Gasteiger partial charge >= 0.3 is 0 Å². The third kappa shape index (κ3) is 2.56. The van der Waals surface area contributed by atoms with Crippen LogP contribution >= 0.6 is 0 Å². The van der Waals surface area contributed by atoms with Crippen molar-refractivity contribution >= 4 is 0 Å². The molecule has 1 aliphatic carbocycles. The molecular formula is C19H23NO. The fourth-order valence-electron chi connectivity index (χ4n) is 3.15. The summed E-state index contributed by atoms with van der Waals surface area (Å²) in [6, 6.07) is 19.3. The molecule has 0 aromatic heterocycles. The van der Waals surface area contributed by atoms with Gasteiger partial charge in [0.15, 0.2) is 0 Å². The predicted molar refractivity (Wildman–Crippen MR) is 87.5 cm³/mol. The molecule has 0 amide bonds. The molecule has 21 heavy (non-hydrogen) atoms. The van der Waals surface area contributed by atoms with Gasteiger partial charge in [-0.1, -0.05) is 62.4 Å². The Morgan fingerprint density at radius 1 is 1.00 bits per heavy atom. The topological polar surface area (TPSA) is 21.3 Å². The van der Waals surface area contributed by atoms with Crippen LogP contribution in [-0.4, -0.2) is 19.2 Å². The van der Waals surface area contributed by atoms with Gasteiger partial charge in [0.05, 0.1) is 0 Å². The maximum Gasteiger partial charge on any atom is 0.127 e. The van der Waals surface area contributed by atoms with E-state index in [2.05, 4.69) is 61.6 Å². The van der Waals surface area contributed by atoms with Crippen molar-refractivity contribution in [1.29, 1.82) is 0 Å². The summed E-state index contributed by atoms with van der Waals surface area (Å²) in [6.07, 6.45) is 1.33. The lowest BCUT2D eigenvalue weighted by Crippen LogP contribution is -2.61. The standard InChI is InChI=1S/C19H23NO/c1-19(2)17(20-3)13-18(19)21-16-12-8-7-11-15(16)14-9-5-4-6-10-14/h4-12,17-18,20H,13H2,1-3H3. The van der Waals surface area contributed by atoms with Gasteiger partial charge in [-0.3, -0.25) is 0 Å². The first-order valence-corrected chi connectivity index (χ1v) is 7.61. The van der Waals surface area contributed by atoms with E-state index in [1.54, 1.807) is 0 Å². The van der Waals surface area contributed by atoms with E-state index in [1.807, 2.05) is 19.2 Å². The molecule has 1 saturated carbocycles. The van der Waals surface area contributed by atoms with Crippen molar-refractivity contribution < 1.29 is 4.74 Å². The van der Waals surface area contributed by atoms with Crippen molar-refractivity contribution in [3.63, 3.8) is 0 Å². The van der Waals surface area contributed by atoms with Crippen molar-refractivity contribution in [2.45, 2.75) is 32.4 Å². The average molecular weight is 281 g/mol. The Kier molecular flexibility index (Phi) is 3.73. The normalized spacial score (nSPS) is 23.4. The van der Waals surface area contributed by atoms with Gasteiger partial charge in [0.25, 0.3) is 0 Å². The van der Waals surface area contributed by atoms with E-state index >= 15 is 0 Å². The van der Waals surface area contributed by atoms with Crippen molar-refractivity contribution in [3.05, 3.63) is 54.6 Å². The summed E-state index contributed by atoms with van der Waals surface area (Å²) in [6.45, 7) is 4.54. The highest BCUT2D eigenvalue weighted by atomic mass is 16.5. The molecule has 0 bridgehead atoms. The molecule has 1 N–H and O–H groups in total. The van der Waals surface area contributed by atoms with Gasteiger partial charge in [-0.25, -0.2) is 0 Å². The number of hydrogen-bond donors (Lipinski definition) is 1. The van der Waals surface area contributed by atoms with E-state index < -0.39 is 0 Å². The number of nitrogens with one attached hydrogen (secondary N) is 1. The monoisotopic (exact) mass is 281 g/mol. The Morgan fingerprint density at radius 2 is 1.67 bits per heavy atom. The second kappa shape index (κ2) is 5.53. The van der Waals surface area contributed by atoms with Crippen LogP contribution < -0.4 is 10.1 Å². The molecule has 2 aromatic rings. The SMILES string of the molecule is CNC1CC(Oc2ccccc2-c2ccccc2)C1(C)C. The molecule has 2 nitrogen and oxygen atoms in total. The molecule has 1 aliphatic rings.